The van der Waals surface area contributed by atoms with Crippen LogP contribution in [0.3, 0.4) is 0 Å². The number of hydrogen-bond acceptors (Lipinski definition) is 4. The van der Waals surface area contributed by atoms with E-state index in [-0.39, 0.29) is 5.28 Å². The molecule has 3 aromatic rings. The molecule has 7 heteroatoms. The summed E-state index contributed by atoms with van der Waals surface area (Å²) < 4.78 is 3.38. The predicted molar refractivity (Wildman–Crippen MR) is 58.4 cm³/mol. The zero-order valence-electron chi connectivity index (χ0n) is 8.37. The van der Waals surface area contributed by atoms with Gasteiger partial charge in [0.1, 0.15) is 5.69 Å². The van der Waals surface area contributed by atoms with Gasteiger partial charge in [0, 0.05) is 13.2 Å². The predicted octanol–water partition coefficient (Wildman–Crippen LogP) is 1.20. The van der Waals surface area contributed by atoms with Crippen LogP contribution in [0.4, 0.5) is 0 Å². The number of rotatable bonds is 1. The van der Waals surface area contributed by atoms with E-state index in [1.807, 2.05) is 13.2 Å². The van der Waals surface area contributed by atoms with Gasteiger partial charge in [-0.15, -0.1) is 0 Å². The fourth-order valence-electron chi connectivity index (χ4n) is 1.50. The number of aryl methyl sites for hydroxylation is 1. The third-order valence-corrected chi connectivity index (χ3v) is 2.40. The third kappa shape index (κ3) is 1.35. The van der Waals surface area contributed by atoms with Gasteiger partial charge < -0.3 is 0 Å². The lowest BCUT2D eigenvalue weighted by molar-refractivity contribution is 0.766. The zero-order valence-corrected chi connectivity index (χ0v) is 9.13. The quantitative estimate of drug-likeness (QED) is 0.594. The topological polar surface area (TPSA) is 61.4 Å². The van der Waals surface area contributed by atoms with Crippen LogP contribution in [0.5, 0.6) is 0 Å². The molecule has 0 spiro atoms. The Bertz CT molecular complexity index is 655. The number of aromatic nitrogens is 6. The summed E-state index contributed by atoms with van der Waals surface area (Å²) in [5.74, 6) is 0. The van der Waals surface area contributed by atoms with E-state index in [1.54, 1.807) is 28.0 Å². The molecule has 80 valence electrons. The lowest BCUT2D eigenvalue weighted by Crippen LogP contribution is -1.96. The van der Waals surface area contributed by atoms with E-state index < -0.39 is 0 Å². The first-order chi connectivity index (χ1) is 7.74. The minimum absolute atomic E-state index is 0.207. The van der Waals surface area contributed by atoms with Crippen molar-refractivity contribution in [3.63, 3.8) is 0 Å². The van der Waals surface area contributed by atoms with E-state index in [4.69, 9.17) is 11.6 Å². The molecule has 0 N–H and O–H groups in total. The van der Waals surface area contributed by atoms with Crippen molar-refractivity contribution in [3.05, 3.63) is 30.1 Å². The molecule has 0 aromatic carbocycles. The largest absolute Gasteiger partial charge is 0.274 e. The fourth-order valence-corrected chi connectivity index (χ4v) is 1.63. The average Bonchev–Trinajstić information content (AvgIpc) is 2.83. The lowest BCUT2D eigenvalue weighted by atomic mass is 10.4. The molecule has 0 aliphatic rings. The molecule has 3 aromatic heterocycles. The van der Waals surface area contributed by atoms with Crippen molar-refractivity contribution in [2.75, 3.05) is 0 Å². The summed E-state index contributed by atoms with van der Waals surface area (Å²) in [6.07, 6.45) is 6.90. The number of hydrogen-bond donors (Lipinski definition) is 0. The van der Waals surface area contributed by atoms with Crippen LogP contribution < -0.4 is 0 Å². The maximum Gasteiger partial charge on any atom is 0.224 e. The Kier molecular flexibility index (Phi) is 1.90. The summed E-state index contributed by atoms with van der Waals surface area (Å²) in [6.45, 7) is 0. The Balaban J connectivity index is 2.27. The molecule has 0 atom stereocenters. The minimum atomic E-state index is 0.207. The first-order valence-electron chi connectivity index (χ1n) is 4.59. The van der Waals surface area contributed by atoms with Crippen molar-refractivity contribution in [1.82, 2.24) is 29.5 Å². The van der Waals surface area contributed by atoms with Crippen molar-refractivity contribution >= 4 is 22.6 Å². The molecule has 0 unspecified atom stereocenters. The van der Waals surface area contributed by atoms with Gasteiger partial charge in [-0.05, 0) is 11.6 Å². The first-order valence-corrected chi connectivity index (χ1v) is 4.97. The molecule has 0 radical (unpaired) electrons. The van der Waals surface area contributed by atoms with Crippen molar-refractivity contribution in [2.24, 2.45) is 7.05 Å². The highest BCUT2D eigenvalue weighted by Gasteiger charge is 2.08. The van der Waals surface area contributed by atoms with Gasteiger partial charge in [0.2, 0.25) is 5.28 Å². The van der Waals surface area contributed by atoms with E-state index in [1.165, 1.54) is 0 Å². The molecule has 0 aliphatic heterocycles. The molecule has 0 amide bonds. The highest BCUT2D eigenvalue weighted by atomic mass is 35.5. The van der Waals surface area contributed by atoms with Crippen LogP contribution in [-0.4, -0.2) is 29.5 Å². The van der Waals surface area contributed by atoms with E-state index in [0.717, 1.165) is 11.1 Å². The van der Waals surface area contributed by atoms with Crippen molar-refractivity contribution in [1.29, 1.82) is 0 Å². The van der Waals surface area contributed by atoms with Crippen LogP contribution in [0.25, 0.3) is 16.7 Å². The molecule has 0 saturated heterocycles. The van der Waals surface area contributed by atoms with Crippen molar-refractivity contribution in [2.45, 2.75) is 0 Å². The smallest absolute Gasteiger partial charge is 0.224 e. The molecule has 3 rings (SSSR count). The maximum absolute atomic E-state index is 5.76. The molecule has 0 saturated carbocycles. The molecular formula is C9H7ClN6. The Hall–Kier alpha value is -1.95. The molecule has 6 nitrogen and oxygen atoms in total. The van der Waals surface area contributed by atoms with Crippen LogP contribution in [-0.2, 0) is 7.05 Å². The van der Waals surface area contributed by atoms with E-state index in [9.17, 15) is 0 Å². The van der Waals surface area contributed by atoms with E-state index in [2.05, 4.69) is 20.2 Å². The second-order valence-electron chi connectivity index (χ2n) is 3.35. The van der Waals surface area contributed by atoms with E-state index in [0.29, 0.717) is 5.65 Å². The standard InChI is InChI=1S/C9H7ClN6/c1-15-5-7(4-12-15)16-8-6(3-13-16)2-11-9(10)14-8/h2-5H,1H3. The number of fused-ring (bicyclic) bond motifs is 1. The zero-order chi connectivity index (χ0) is 11.1. The van der Waals surface area contributed by atoms with E-state index >= 15 is 0 Å². The van der Waals surface area contributed by atoms with Gasteiger partial charge in [0.15, 0.2) is 5.65 Å². The lowest BCUT2D eigenvalue weighted by Gasteiger charge is -1.97. The van der Waals surface area contributed by atoms with Crippen LogP contribution in [0.15, 0.2) is 24.8 Å². The Morgan fingerprint density at radius 2 is 2.06 bits per heavy atom. The summed E-state index contributed by atoms with van der Waals surface area (Å²) in [5, 5.41) is 9.35. The first kappa shape index (κ1) is 9.29. The summed E-state index contributed by atoms with van der Waals surface area (Å²) in [6, 6.07) is 0. The summed E-state index contributed by atoms with van der Waals surface area (Å²) in [7, 11) is 1.84. The van der Waals surface area contributed by atoms with Gasteiger partial charge in [-0.3, -0.25) is 4.68 Å². The van der Waals surface area contributed by atoms with Crippen LogP contribution in [0.1, 0.15) is 0 Å². The second kappa shape index (κ2) is 3.28. The summed E-state index contributed by atoms with van der Waals surface area (Å²) >= 11 is 5.76. The number of nitrogens with zero attached hydrogens (tertiary/aromatic N) is 6. The Morgan fingerprint density at radius 3 is 2.81 bits per heavy atom. The Morgan fingerprint density at radius 1 is 1.19 bits per heavy atom. The molecule has 0 aliphatic carbocycles. The van der Waals surface area contributed by atoms with Crippen LogP contribution in [0, 0.1) is 0 Å². The van der Waals surface area contributed by atoms with Gasteiger partial charge in [-0.1, -0.05) is 0 Å². The fraction of sp³-hybridized carbons (Fsp3) is 0.111. The molecule has 3 heterocycles. The Labute approximate surface area is 95.5 Å². The maximum atomic E-state index is 5.76. The normalized spacial score (nSPS) is 11.1. The summed E-state index contributed by atoms with van der Waals surface area (Å²) in [5.41, 5.74) is 1.51. The minimum Gasteiger partial charge on any atom is -0.274 e. The highest BCUT2D eigenvalue weighted by molar-refractivity contribution is 6.28. The summed E-state index contributed by atoms with van der Waals surface area (Å²) in [4.78, 5) is 8.04. The average molecular weight is 235 g/mol. The van der Waals surface area contributed by atoms with Gasteiger partial charge in [0.05, 0.1) is 24.0 Å². The van der Waals surface area contributed by atoms with Crippen LogP contribution >= 0.6 is 11.6 Å². The van der Waals surface area contributed by atoms with Gasteiger partial charge in [0.25, 0.3) is 0 Å². The monoisotopic (exact) mass is 234 g/mol. The van der Waals surface area contributed by atoms with Gasteiger partial charge in [-0.2, -0.15) is 15.2 Å². The second-order valence-corrected chi connectivity index (χ2v) is 3.68. The van der Waals surface area contributed by atoms with Gasteiger partial charge in [-0.25, -0.2) is 9.67 Å². The number of halogens is 1. The molecule has 0 fully saturated rings. The van der Waals surface area contributed by atoms with Crippen molar-refractivity contribution < 1.29 is 0 Å². The van der Waals surface area contributed by atoms with Crippen molar-refractivity contribution in [3.8, 4) is 5.69 Å². The highest BCUT2D eigenvalue weighted by Crippen LogP contribution is 2.16. The SMILES string of the molecule is Cn1cc(-n2ncc3cnc(Cl)nc32)cn1. The van der Waals surface area contributed by atoms with Crippen LogP contribution in [0.2, 0.25) is 5.28 Å². The molecule has 0 bridgehead atoms. The molecule has 16 heavy (non-hydrogen) atoms. The van der Waals surface area contributed by atoms with Gasteiger partial charge >= 0.3 is 0 Å². The molecular weight excluding hydrogens is 228 g/mol. The third-order valence-electron chi connectivity index (χ3n) is 2.22.